The lowest BCUT2D eigenvalue weighted by atomic mass is 9.96. The van der Waals surface area contributed by atoms with Crippen molar-refractivity contribution in [3.8, 4) is 11.3 Å². The number of ether oxygens (including phenoxy) is 1. The number of hydrogen-bond acceptors (Lipinski definition) is 8. The van der Waals surface area contributed by atoms with Crippen LogP contribution in [0.25, 0.3) is 11.3 Å². The van der Waals surface area contributed by atoms with E-state index in [-0.39, 0.29) is 27.6 Å². The molecule has 0 bridgehead atoms. The van der Waals surface area contributed by atoms with E-state index in [1.165, 1.54) is 19.1 Å². The molecule has 2 aromatic rings. The van der Waals surface area contributed by atoms with Crippen LogP contribution in [0.2, 0.25) is 5.02 Å². The summed E-state index contributed by atoms with van der Waals surface area (Å²) in [6.07, 6.45) is -6.11. The van der Waals surface area contributed by atoms with Crippen molar-refractivity contribution in [3.63, 3.8) is 0 Å². The number of hydrogen-bond donors (Lipinski definition) is 5. The average molecular weight is 417 g/mol. The van der Waals surface area contributed by atoms with Crippen LogP contribution in [0.5, 0.6) is 0 Å². The molecule has 5 N–H and O–H groups in total. The molecule has 28 heavy (non-hydrogen) atoms. The number of rotatable bonds is 4. The molecule has 1 aromatic heterocycles. The predicted octanol–water partition coefficient (Wildman–Crippen LogP) is -0.0278. The first kappa shape index (κ1) is 20.6. The lowest BCUT2D eigenvalue weighted by molar-refractivity contribution is -0.252. The van der Waals surface area contributed by atoms with E-state index in [4.69, 9.17) is 26.0 Å². The summed E-state index contributed by atoms with van der Waals surface area (Å²) in [7, 11) is 0. The molecule has 0 saturated carbocycles. The number of amides is 1. The maximum Gasteiger partial charge on any atom is 0.257 e. The number of benzene rings is 1. The van der Waals surface area contributed by atoms with Gasteiger partial charge in [0.2, 0.25) is 0 Å². The SMILES string of the molecule is Cc1onc(-c2c(F)cccc2Cl)c1C(=O)N[C@H]1C(O)O[C@H](CO)[C@@H](O)[C@@H]1O. The minimum absolute atomic E-state index is 0.00429. The van der Waals surface area contributed by atoms with E-state index >= 15 is 0 Å². The number of nitrogens with zero attached hydrogens (tertiary/aromatic N) is 1. The summed E-state index contributed by atoms with van der Waals surface area (Å²) in [5.41, 5.74) is -0.467. The number of carbonyl (C=O) groups excluding carboxylic acids is 1. The summed E-state index contributed by atoms with van der Waals surface area (Å²) in [6, 6.07) is 2.52. The molecule has 1 aliphatic rings. The first-order valence-corrected chi connectivity index (χ1v) is 8.66. The van der Waals surface area contributed by atoms with E-state index in [1.807, 2.05) is 0 Å². The topological polar surface area (TPSA) is 145 Å². The molecule has 1 aliphatic heterocycles. The third-order valence-electron chi connectivity index (χ3n) is 4.49. The summed E-state index contributed by atoms with van der Waals surface area (Å²) in [5.74, 6) is -1.55. The monoisotopic (exact) mass is 416 g/mol. The quantitative estimate of drug-likeness (QED) is 0.467. The van der Waals surface area contributed by atoms with Crippen molar-refractivity contribution in [1.29, 1.82) is 0 Å². The molecule has 0 spiro atoms. The smallest absolute Gasteiger partial charge is 0.257 e. The zero-order valence-electron chi connectivity index (χ0n) is 14.5. The van der Waals surface area contributed by atoms with Gasteiger partial charge in [0.15, 0.2) is 6.29 Å². The highest BCUT2D eigenvalue weighted by Crippen LogP contribution is 2.33. The van der Waals surface area contributed by atoms with Crippen LogP contribution in [0.4, 0.5) is 4.39 Å². The van der Waals surface area contributed by atoms with Gasteiger partial charge >= 0.3 is 0 Å². The first-order valence-electron chi connectivity index (χ1n) is 8.28. The van der Waals surface area contributed by atoms with Crippen LogP contribution in [-0.4, -0.2) is 68.7 Å². The summed E-state index contributed by atoms with van der Waals surface area (Å²) >= 11 is 6.03. The Hall–Kier alpha value is -2.08. The number of nitrogens with one attached hydrogen (secondary N) is 1. The molecule has 1 saturated heterocycles. The van der Waals surface area contributed by atoms with Crippen LogP contribution >= 0.6 is 11.6 Å². The fourth-order valence-electron chi connectivity index (χ4n) is 3.01. The van der Waals surface area contributed by atoms with Crippen molar-refractivity contribution in [2.45, 2.75) is 37.6 Å². The zero-order chi connectivity index (χ0) is 20.6. The highest BCUT2D eigenvalue weighted by Gasteiger charge is 2.44. The minimum atomic E-state index is -1.71. The minimum Gasteiger partial charge on any atom is -0.394 e. The van der Waals surface area contributed by atoms with Gasteiger partial charge in [-0.15, -0.1) is 0 Å². The Bertz CT molecular complexity index is 857. The highest BCUT2D eigenvalue weighted by atomic mass is 35.5. The fourth-order valence-corrected chi connectivity index (χ4v) is 3.26. The Kier molecular flexibility index (Phi) is 5.98. The summed E-state index contributed by atoms with van der Waals surface area (Å²) in [5, 5.41) is 45.2. The van der Waals surface area contributed by atoms with Gasteiger partial charge in [0.1, 0.15) is 47.2 Å². The van der Waals surface area contributed by atoms with Crippen molar-refractivity contribution >= 4 is 17.5 Å². The fraction of sp³-hybridized carbons (Fsp3) is 0.412. The van der Waals surface area contributed by atoms with Gasteiger partial charge in [-0.25, -0.2) is 4.39 Å². The average Bonchev–Trinajstić information content (AvgIpc) is 3.02. The van der Waals surface area contributed by atoms with Crippen LogP contribution in [0.1, 0.15) is 16.1 Å². The van der Waals surface area contributed by atoms with Crippen LogP contribution in [0.3, 0.4) is 0 Å². The Morgan fingerprint density at radius 3 is 2.68 bits per heavy atom. The van der Waals surface area contributed by atoms with Gasteiger partial charge in [-0.2, -0.15) is 0 Å². The van der Waals surface area contributed by atoms with Gasteiger partial charge in [-0.05, 0) is 19.1 Å². The molecule has 1 amide bonds. The molecule has 9 nitrogen and oxygen atoms in total. The molecule has 1 fully saturated rings. The number of halogens is 2. The molecule has 3 rings (SSSR count). The normalized spacial score (nSPS) is 27.6. The van der Waals surface area contributed by atoms with Gasteiger partial charge < -0.3 is 35.0 Å². The number of carbonyl (C=O) groups is 1. The van der Waals surface area contributed by atoms with Crippen molar-refractivity contribution < 1.29 is 38.9 Å². The third kappa shape index (κ3) is 3.62. The van der Waals surface area contributed by atoms with E-state index in [2.05, 4.69) is 10.5 Å². The summed E-state index contributed by atoms with van der Waals surface area (Å²) < 4.78 is 24.2. The maximum atomic E-state index is 14.3. The zero-order valence-corrected chi connectivity index (χ0v) is 15.3. The number of aliphatic hydroxyl groups excluding tert-OH is 4. The Morgan fingerprint density at radius 2 is 2.04 bits per heavy atom. The lowest BCUT2D eigenvalue weighted by Crippen LogP contribution is -2.64. The van der Waals surface area contributed by atoms with E-state index in [1.54, 1.807) is 0 Å². The standard InChI is InChI=1S/C17H18ClFN2O7/c1-6-10(12(21-28-6)11-7(18)3-2-4-8(11)19)16(25)20-13-15(24)14(23)9(5-22)27-17(13)26/h2-4,9,13-15,17,22-24,26H,5H2,1H3,(H,20,25)/t9-,13-,14-,15-,17?/m1/s1. The third-order valence-corrected chi connectivity index (χ3v) is 4.80. The van der Waals surface area contributed by atoms with E-state index < -0.39 is 49.0 Å². The van der Waals surface area contributed by atoms with E-state index in [0.717, 1.165) is 6.07 Å². The molecule has 1 aromatic carbocycles. The molecule has 0 aliphatic carbocycles. The molecular formula is C17H18ClFN2O7. The van der Waals surface area contributed by atoms with Crippen LogP contribution in [0, 0.1) is 12.7 Å². The highest BCUT2D eigenvalue weighted by molar-refractivity contribution is 6.33. The molecule has 5 atom stereocenters. The van der Waals surface area contributed by atoms with E-state index in [9.17, 15) is 24.5 Å². The van der Waals surface area contributed by atoms with Crippen LogP contribution in [0.15, 0.2) is 22.7 Å². The molecule has 2 heterocycles. The van der Waals surface area contributed by atoms with Crippen LogP contribution < -0.4 is 5.32 Å². The molecule has 1 unspecified atom stereocenters. The Balaban J connectivity index is 1.91. The maximum absolute atomic E-state index is 14.3. The van der Waals surface area contributed by atoms with Crippen molar-refractivity contribution in [3.05, 3.63) is 40.4 Å². The summed E-state index contributed by atoms with van der Waals surface area (Å²) in [4.78, 5) is 12.8. The largest absolute Gasteiger partial charge is 0.394 e. The lowest BCUT2D eigenvalue weighted by Gasteiger charge is -2.40. The Labute approximate surface area is 163 Å². The number of aliphatic hydroxyl groups is 4. The van der Waals surface area contributed by atoms with Crippen molar-refractivity contribution in [2.75, 3.05) is 6.61 Å². The summed E-state index contributed by atoms with van der Waals surface area (Å²) in [6.45, 7) is 0.775. The molecular weight excluding hydrogens is 399 g/mol. The Morgan fingerprint density at radius 1 is 1.32 bits per heavy atom. The van der Waals surface area contributed by atoms with Gasteiger partial charge in [-0.3, -0.25) is 4.79 Å². The van der Waals surface area contributed by atoms with Crippen LogP contribution in [-0.2, 0) is 4.74 Å². The molecule has 152 valence electrons. The van der Waals surface area contributed by atoms with Gasteiger partial charge in [0.25, 0.3) is 5.91 Å². The predicted molar refractivity (Wildman–Crippen MR) is 92.9 cm³/mol. The second-order valence-corrected chi connectivity index (χ2v) is 6.69. The van der Waals surface area contributed by atoms with E-state index in [0.29, 0.717) is 0 Å². The van der Waals surface area contributed by atoms with Gasteiger partial charge in [0.05, 0.1) is 17.2 Å². The number of aryl methyl sites for hydroxylation is 1. The van der Waals surface area contributed by atoms with Crippen molar-refractivity contribution in [1.82, 2.24) is 10.5 Å². The van der Waals surface area contributed by atoms with Crippen molar-refractivity contribution in [2.24, 2.45) is 0 Å². The second kappa shape index (κ2) is 8.11. The van der Waals surface area contributed by atoms with Gasteiger partial charge in [0, 0.05) is 0 Å². The molecule has 11 heteroatoms. The molecule has 0 radical (unpaired) electrons. The second-order valence-electron chi connectivity index (χ2n) is 6.29. The van der Waals surface area contributed by atoms with Gasteiger partial charge in [-0.1, -0.05) is 22.8 Å². The first-order chi connectivity index (χ1) is 13.3. The number of aromatic nitrogens is 1.